The Kier molecular flexibility index (Phi) is 9.53. The zero-order valence-corrected chi connectivity index (χ0v) is 26.1. The van der Waals surface area contributed by atoms with Crippen LogP contribution in [0, 0.1) is 13.8 Å². The van der Waals surface area contributed by atoms with Gasteiger partial charge in [-0.25, -0.2) is 0 Å². The summed E-state index contributed by atoms with van der Waals surface area (Å²) in [6.45, 7) is 9.79. The molecule has 0 radical (unpaired) electrons. The molecular weight excluding hydrogens is 552 g/mol. The summed E-state index contributed by atoms with van der Waals surface area (Å²) >= 11 is 0. The van der Waals surface area contributed by atoms with Gasteiger partial charge in [-0.2, -0.15) is 49.2 Å². The summed E-state index contributed by atoms with van der Waals surface area (Å²) in [5.74, 6) is 0.334. The molecule has 0 spiro atoms. The summed E-state index contributed by atoms with van der Waals surface area (Å²) in [5.41, 5.74) is 4.96. The monoisotopic (exact) mass is 586 g/mol. The second kappa shape index (κ2) is 13.7. The third-order valence-corrected chi connectivity index (χ3v) is 8.00. The fraction of sp³-hybridized carbons (Fsp3) is 0.0476. The molecule has 8 aromatic rings. The molecule has 8 aromatic carbocycles. The molecule has 8 rings (SSSR count). The molecule has 0 aliphatic rings. The Labute approximate surface area is 270 Å². The van der Waals surface area contributed by atoms with Crippen LogP contribution in [0.5, 0.6) is 0 Å². The molecule has 1 heteroatoms. The molecule has 0 aliphatic carbocycles. The van der Waals surface area contributed by atoms with E-state index >= 15 is 0 Å². The molecular formula is C42H34Ti. The number of hydrogen-bond acceptors (Lipinski definition) is 0. The van der Waals surface area contributed by atoms with Crippen molar-refractivity contribution < 1.29 is 21.7 Å². The van der Waals surface area contributed by atoms with Gasteiger partial charge in [0.1, 0.15) is 0 Å². The second-order valence-electron chi connectivity index (χ2n) is 10.8. The van der Waals surface area contributed by atoms with Crippen LogP contribution in [0.15, 0.2) is 158 Å². The van der Waals surface area contributed by atoms with Gasteiger partial charge in [-0.3, -0.25) is 0 Å². The van der Waals surface area contributed by atoms with E-state index in [1.165, 1.54) is 54.2 Å². The summed E-state index contributed by atoms with van der Waals surface area (Å²) in [5, 5.41) is 10.8. The molecule has 0 heterocycles. The van der Waals surface area contributed by atoms with Gasteiger partial charge >= 0.3 is 21.7 Å². The largest absolute Gasteiger partial charge is 4.00 e. The quantitative estimate of drug-likeness (QED) is 0.140. The van der Waals surface area contributed by atoms with Gasteiger partial charge < -0.3 is 0 Å². The number of hydrogen-bond donors (Lipinski definition) is 0. The van der Waals surface area contributed by atoms with Crippen molar-refractivity contribution >= 4 is 43.1 Å². The predicted octanol–water partition coefficient (Wildman–Crippen LogP) is 11.6. The van der Waals surface area contributed by atoms with E-state index in [9.17, 15) is 0 Å². The maximum Gasteiger partial charge on any atom is 4.00 e. The van der Waals surface area contributed by atoms with Crippen LogP contribution in [0.1, 0.15) is 35.1 Å². The number of benzene rings is 6. The summed E-state index contributed by atoms with van der Waals surface area (Å²) in [6.07, 6.45) is 0. The first-order chi connectivity index (χ1) is 20.6. The van der Waals surface area contributed by atoms with E-state index in [0.717, 1.165) is 11.1 Å². The molecule has 0 unspecified atom stereocenters. The first-order valence-corrected chi connectivity index (χ1v) is 14.5. The van der Waals surface area contributed by atoms with E-state index in [4.69, 9.17) is 0 Å². The van der Waals surface area contributed by atoms with Crippen molar-refractivity contribution in [2.75, 3.05) is 0 Å². The van der Waals surface area contributed by atoms with E-state index in [1.807, 2.05) is 60.7 Å². The van der Waals surface area contributed by atoms with E-state index < -0.39 is 0 Å². The molecule has 0 nitrogen and oxygen atoms in total. The van der Waals surface area contributed by atoms with Crippen molar-refractivity contribution in [3.05, 3.63) is 194 Å². The zero-order chi connectivity index (χ0) is 28.9. The number of fused-ring (bicyclic) bond motifs is 6. The fourth-order valence-electron chi connectivity index (χ4n) is 5.88. The molecule has 0 fully saturated rings. The maximum absolute atomic E-state index is 3.72. The molecule has 0 aromatic heterocycles. The topological polar surface area (TPSA) is 0 Å². The molecule has 0 saturated heterocycles. The minimum absolute atomic E-state index is 0. The third-order valence-electron chi connectivity index (χ3n) is 8.00. The molecule has 0 bridgehead atoms. The average molecular weight is 587 g/mol. The van der Waals surface area contributed by atoms with Crippen molar-refractivity contribution in [3.8, 4) is 0 Å². The standard InChI is InChI=1S/C28H20.2C7H7.Ti/c1-18(21-12-6-14-25-23-10-4-2-8-19(23)16-27(21)25)22-13-7-15-26-24-11-5-3-9-20(24)17-28(22)26;2*1-7-5-3-2-4-6-7;/h2-18H,1H3;2*2-6H,1H2;/q-2;2*-1;+4. The van der Waals surface area contributed by atoms with Crippen LogP contribution < -0.4 is 0 Å². The van der Waals surface area contributed by atoms with Crippen molar-refractivity contribution in [3.63, 3.8) is 0 Å². The van der Waals surface area contributed by atoms with Gasteiger partial charge in [-0.15, -0.1) is 103 Å². The Balaban J connectivity index is 0.000000203. The summed E-state index contributed by atoms with van der Waals surface area (Å²) < 4.78 is 0. The molecule has 43 heavy (non-hydrogen) atoms. The van der Waals surface area contributed by atoms with Crippen LogP contribution in [-0.4, -0.2) is 0 Å². The molecule has 0 saturated carbocycles. The van der Waals surface area contributed by atoms with Crippen LogP contribution in [-0.2, 0) is 21.7 Å². The summed E-state index contributed by atoms with van der Waals surface area (Å²) in [7, 11) is 0. The Hall–Kier alpha value is -4.49. The molecule has 0 N–H and O–H groups in total. The van der Waals surface area contributed by atoms with E-state index in [1.54, 1.807) is 0 Å². The van der Waals surface area contributed by atoms with E-state index in [0.29, 0.717) is 5.92 Å². The smallest absolute Gasteiger partial charge is 0.199 e. The maximum atomic E-state index is 3.72. The van der Waals surface area contributed by atoms with Crippen LogP contribution in [0.25, 0.3) is 43.1 Å². The van der Waals surface area contributed by atoms with E-state index in [-0.39, 0.29) is 21.7 Å². The second-order valence-corrected chi connectivity index (χ2v) is 10.8. The van der Waals surface area contributed by atoms with Gasteiger partial charge in [-0.1, -0.05) is 91.9 Å². The van der Waals surface area contributed by atoms with Crippen LogP contribution in [0.2, 0.25) is 0 Å². The van der Waals surface area contributed by atoms with Crippen molar-refractivity contribution in [2.24, 2.45) is 0 Å². The Morgan fingerprint density at radius 2 is 0.767 bits per heavy atom. The summed E-state index contributed by atoms with van der Waals surface area (Å²) in [6, 6.07) is 55.4. The van der Waals surface area contributed by atoms with Crippen molar-refractivity contribution in [1.82, 2.24) is 0 Å². The van der Waals surface area contributed by atoms with Gasteiger partial charge in [0.2, 0.25) is 0 Å². The molecule has 206 valence electrons. The predicted molar refractivity (Wildman–Crippen MR) is 183 cm³/mol. The van der Waals surface area contributed by atoms with Crippen LogP contribution >= 0.6 is 0 Å². The third kappa shape index (κ3) is 6.47. The van der Waals surface area contributed by atoms with Crippen LogP contribution in [0.3, 0.4) is 0 Å². The molecule has 0 aliphatic heterocycles. The molecule has 0 atom stereocenters. The van der Waals surface area contributed by atoms with Crippen LogP contribution in [0.4, 0.5) is 0 Å². The normalized spacial score (nSPS) is 10.7. The Morgan fingerprint density at radius 3 is 1.14 bits per heavy atom. The summed E-state index contributed by atoms with van der Waals surface area (Å²) in [4.78, 5) is 0. The number of rotatable bonds is 2. The molecule has 0 amide bonds. The Morgan fingerprint density at radius 1 is 0.419 bits per heavy atom. The minimum Gasteiger partial charge on any atom is -0.199 e. The first kappa shape index (κ1) is 30.0. The Bertz CT molecular complexity index is 1910. The van der Waals surface area contributed by atoms with Crippen molar-refractivity contribution in [2.45, 2.75) is 12.8 Å². The zero-order valence-electron chi connectivity index (χ0n) is 24.5. The van der Waals surface area contributed by atoms with Gasteiger partial charge in [0.05, 0.1) is 0 Å². The first-order valence-electron chi connectivity index (χ1n) is 14.5. The van der Waals surface area contributed by atoms with Gasteiger partial charge in [-0.05, 0) is 5.92 Å². The van der Waals surface area contributed by atoms with Gasteiger partial charge in [0, 0.05) is 0 Å². The average Bonchev–Trinajstić information content (AvgIpc) is 3.61. The minimum atomic E-state index is 0. The SMILES string of the molecule is CC(c1cccc2c1[cH-]c1ccccc12)c1cccc2c1[cH-]c1ccccc12.[CH2-]c1ccccc1.[CH2-]c1ccccc1.[Ti+4]. The van der Waals surface area contributed by atoms with E-state index in [2.05, 4.69) is 118 Å². The fourth-order valence-corrected chi connectivity index (χ4v) is 5.88. The van der Waals surface area contributed by atoms with Gasteiger partial charge in [0.15, 0.2) is 0 Å². The van der Waals surface area contributed by atoms with Gasteiger partial charge in [0.25, 0.3) is 0 Å². The van der Waals surface area contributed by atoms with Crippen molar-refractivity contribution in [1.29, 1.82) is 0 Å².